The normalized spacial score (nSPS) is 14.7. The van der Waals surface area contributed by atoms with Crippen LogP contribution in [0.3, 0.4) is 0 Å². The molecule has 1 saturated carbocycles. The highest BCUT2D eigenvalue weighted by Crippen LogP contribution is 2.35. The molecule has 3 N–H and O–H groups in total. The van der Waals surface area contributed by atoms with E-state index in [2.05, 4.69) is 40.7 Å². The maximum Gasteiger partial charge on any atom is 0.124 e. The van der Waals surface area contributed by atoms with Crippen molar-refractivity contribution in [3.05, 3.63) is 28.2 Å². The molecule has 0 spiro atoms. The van der Waals surface area contributed by atoms with E-state index in [1.165, 1.54) is 19.3 Å². The van der Waals surface area contributed by atoms with Crippen LogP contribution in [-0.4, -0.2) is 18.4 Å². The van der Waals surface area contributed by atoms with Gasteiger partial charge in [0.05, 0.1) is 0 Å². The number of halogens is 1. The smallest absolute Gasteiger partial charge is 0.124 e. The lowest BCUT2D eigenvalue weighted by Gasteiger charge is -2.28. The molecule has 1 fully saturated rings. The Hall–Kier alpha value is -1.03. The molecule has 2 rings (SSSR count). The lowest BCUT2D eigenvalue weighted by Crippen LogP contribution is -2.30. The van der Waals surface area contributed by atoms with Gasteiger partial charge in [-0.3, -0.25) is 5.41 Å². The highest BCUT2D eigenvalue weighted by atomic mass is 79.9. The molecule has 0 radical (unpaired) electrons. The van der Waals surface area contributed by atoms with Crippen molar-refractivity contribution in [2.45, 2.75) is 39.2 Å². The Balaban J connectivity index is 2.29. The maximum absolute atomic E-state index is 7.75. The van der Waals surface area contributed by atoms with Crippen molar-refractivity contribution in [3.63, 3.8) is 0 Å². The molecule has 1 aromatic rings. The van der Waals surface area contributed by atoms with E-state index in [1.807, 2.05) is 12.1 Å². The zero-order chi connectivity index (χ0) is 14.0. The highest BCUT2D eigenvalue weighted by molar-refractivity contribution is 9.10. The van der Waals surface area contributed by atoms with Crippen LogP contribution >= 0.6 is 15.9 Å². The van der Waals surface area contributed by atoms with Crippen molar-refractivity contribution >= 4 is 27.5 Å². The summed E-state index contributed by atoms with van der Waals surface area (Å²) in [5.41, 5.74) is 7.67. The van der Waals surface area contributed by atoms with E-state index in [-0.39, 0.29) is 5.84 Å². The van der Waals surface area contributed by atoms with Gasteiger partial charge < -0.3 is 10.6 Å². The van der Waals surface area contributed by atoms with Gasteiger partial charge in [-0.15, -0.1) is 0 Å². The Morgan fingerprint density at radius 1 is 1.47 bits per heavy atom. The van der Waals surface area contributed by atoms with Crippen molar-refractivity contribution in [1.29, 1.82) is 5.41 Å². The number of amidine groups is 1. The first-order valence-electron chi connectivity index (χ1n) is 6.89. The zero-order valence-corrected chi connectivity index (χ0v) is 13.2. The summed E-state index contributed by atoms with van der Waals surface area (Å²) in [6.45, 7) is 5.54. The minimum Gasteiger partial charge on any atom is -0.384 e. The fraction of sp³-hybridized carbons (Fsp3) is 0.533. The SMILES string of the molecule is CC(C)CCN(c1cc(Br)ccc1C(=N)N)C1CC1. The monoisotopic (exact) mass is 323 g/mol. The Bertz CT molecular complexity index is 466. The first kappa shape index (κ1) is 14.4. The van der Waals surface area contributed by atoms with Gasteiger partial charge in [-0.25, -0.2) is 0 Å². The predicted molar refractivity (Wildman–Crippen MR) is 85.0 cm³/mol. The molecule has 1 aliphatic carbocycles. The average molecular weight is 324 g/mol. The molecule has 19 heavy (non-hydrogen) atoms. The molecule has 3 nitrogen and oxygen atoms in total. The molecular formula is C15H22BrN3. The zero-order valence-electron chi connectivity index (χ0n) is 11.6. The number of nitrogens with zero attached hydrogens (tertiary/aromatic N) is 1. The van der Waals surface area contributed by atoms with Crippen molar-refractivity contribution in [2.75, 3.05) is 11.4 Å². The Morgan fingerprint density at radius 2 is 2.16 bits per heavy atom. The fourth-order valence-corrected chi connectivity index (χ4v) is 2.60. The molecule has 0 aromatic heterocycles. The van der Waals surface area contributed by atoms with Gasteiger partial charge in [0.2, 0.25) is 0 Å². The number of hydrogen-bond acceptors (Lipinski definition) is 2. The molecule has 0 amide bonds. The van der Waals surface area contributed by atoms with Gasteiger partial charge in [0, 0.05) is 28.3 Å². The Kier molecular flexibility index (Phi) is 4.50. The van der Waals surface area contributed by atoms with E-state index >= 15 is 0 Å². The standard InChI is InChI=1S/C15H22BrN3/c1-10(2)7-8-19(12-4-5-12)14-9-11(16)3-6-13(14)15(17)18/h3,6,9-10,12H,4-5,7-8H2,1-2H3,(H3,17,18). The van der Waals surface area contributed by atoms with Crippen LogP contribution < -0.4 is 10.6 Å². The molecule has 1 aliphatic rings. The summed E-state index contributed by atoms with van der Waals surface area (Å²) in [4.78, 5) is 2.43. The number of nitrogens with one attached hydrogen (secondary N) is 1. The predicted octanol–water partition coefficient (Wildman–Crippen LogP) is 3.75. The molecule has 0 bridgehead atoms. The number of benzene rings is 1. The third-order valence-corrected chi connectivity index (χ3v) is 3.99. The minimum absolute atomic E-state index is 0.151. The first-order chi connectivity index (χ1) is 8.99. The summed E-state index contributed by atoms with van der Waals surface area (Å²) < 4.78 is 1.04. The summed E-state index contributed by atoms with van der Waals surface area (Å²) in [6.07, 6.45) is 3.67. The molecular weight excluding hydrogens is 302 g/mol. The molecule has 0 aliphatic heterocycles. The van der Waals surface area contributed by atoms with E-state index in [4.69, 9.17) is 11.1 Å². The van der Waals surface area contributed by atoms with Gasteiger partial charge in [-0.2, -0.15) is 0 Å². The van der Waals surface area contributed by atoms with Crippen LogP contribution in [0.25, 0.3) is 0 Å². The van der Waals surface area contributed by atoms with E-state index in [1.54, 1.807) is 0 Å². The summed E-state index contributed by atoms with van der Waals surface area (Å²) in [5, 5.41) is 7.75. The van der Waals surface area contributed by atoms with Gasteiger partial charge >= 0.3 is 0 Å². The van der Waals surface area contributed by atoms with Crippen LogP contribution in [0.4, 0.5) is 5.69 Å². The van der Waals surface area contributed by atoms with Crippen molar-refractivity contribution in [3.8, 4) is 0 Å². The lowest BCUT2D eigenvalue weighted by molar-refractivity contribution is 0.570. The average Bonchev–Trinajstić information content (AvgIpc) is 3.13. The molecule has 0 atom stereocenters. The summed E-state index contributed by atoms with van der Waals surface area (Å²) in [7, 11) is 0. The molecule has 0 unspecified atom stereocenters. The second-order valence-electron chi connectivity index (χ2n) is 5.68. The van der Waals surface area contributed by atoms with Crippen LogP contribution in [0.5, 0.6) is 0 Å². The van der Waals surface area contributed by atoms with E-state index in [0.29, 0.717) is 12.0 Å². The van der Waals surface area contributed by atoms with Crippen LogP contribution in [-0.2, 0) is 0 Å². The third-order valence-electron chi connectivity index (χ3n) is 3.49. The van der Waals surface area contributed by atoms with Gasteiger partial charge in [0.25, 0.3) is 0 Å². The molecule has 4 heteroatoms. The Morgan fingerprint density at radius 3 is 2.68 bits per heavy atom. The fourth-order valence-electron chi connectivity index (χ4n) is 2.25. The quantitative estimate of drug-likeness (QED) is 0.618. The van der Waals surface area contributed by atoms with Gasteiger partial charge in [0.15, 0.2) is 0 Å². The van der Waals surface area contributed by atoms with E-state index in [9.17, 15) is 0 Å². The second kappa shape index (κ2) is 5.95. The number of anilines is 1. The molecule has 1 aromatic carbocycles. The van der Waals surface area contributed by atoms with Gasteiger partial charge in [0.1, 0.15) is 5.84 Å². The maximum atomic E-state index is 7.75. The van der Waals surface area contributed by atoms with Crippen LogP contribution in [0.2, 0.25) is 0 Å². The molecule has 0 heterocycles. The topological polar surface area (TPSA) is 53.1 Å². The van der Waals surface area contributed by atoms with Gasteiger partial charge in [-0.05, 0) is 43.4 Å². The van der Waals surface area contributed by atoms with Crippen molar-refractivity contribution in [1.82, 2.24) is 0 Å². The summed E-state index contributed by atoms with van der Waals surface area (Å²) in [6, 6.07) is 6.61. The van der Waals surface area contributed by atoms with E-state index < -0.39 is 0 Å². The van der Waals surface area contributed by atoms with Crippen molar-refractivity contribution < 1.29 is 0 Å². The minimum atomic E-state index is 0.151. The number of nitrogen functional groups attached to an aromatic ring is 1. The summed E-state index contributed by atoms with van der Waals surface area (Å²) in [5.74, 6) is 0.840. The van der Waals surface area contributed by atoms with Crippen LogP contribution in [0, 0.1) is 11.3 Å². The van der Waals surface area contributed by atoms with Crippen LogP contribution in [0.1, 0.15) is 38.7 Å². The number of hydrogen-bond donors (Lipinski definition) is 2. The lowest BCUT2D eigenvalue weighted by atomic mass is 10.1. The van der Waals surface area contributed by atoms with Crippen LogP contribution in [0.15, 0.2) is 22.7 Å². The van der Waals surface area contributed by atoms with Crippen molar-refractivity contribution in [2.24, 2.45) is 11.7 Å². The largest absolute Gasteiger partial charge is 0.384 e. The molecule has 0 saturated heterocycles. The first-order valence-corrected chi connectivity index (χ1v) is 7.69. The number of nitrogens with two attached hydrogens (primary N) is 1. The number of rotatable bonds is 6. The highest BCUT2D eigenvalue weighted by Gasteiger charge is 2.30. The summed E-state index contributed by atoms with van der Waals surface area (Å²) >= 11 is 3.53. The van der Waals surface area contributed by atoms with E-state index in [0.717, 1.165) is 22.3 Å². The second-order valence-corrected chi connectivity index (χ2v) is 6.60. The molecule has 104 valence electrons. The third kappa shape index (κ3) is 3.72. The van der Waals surface area contributed by atoms with Gasteiger partial charge in [-0.1, -0.05) is 29.8 Å². The Labute approximate surface area is 123 Å².